The molecule has 1 amide bonds. The lowest BCUT2D eigenvalue weighted by Crippen LogP contribution is -2.23. The van der Waals surface area contributed by atoms with E-state index in [1.807, 2.05) is 12.1 Å². The monoisotopic (exact) mass is 473 g/mol. The molecule has 0 aliphatic carbocycles. The van der Waals surface area contributed by atoms with Gasteiger partial charge in [-0.3, -0.25) is 4.79 Å². The molecule has 178 valence electrons. The van der Waals surface area contributed by atoms with Crippen LogP contribution in [-0.2, 0) is 9.53 Å². The molecule has 2 unspecified atom stereocenters. The first kappa shape index (κ1) is 21.9. The normalized spacial score (nSPS) is 21.1. The topological polar surface area (TPSA) is 54.5 Å². The van der Waals surface area contributed by atoms with Crippen LogP contribution in [0.1, 0.15) is 31.2 Å². The van der Waals surface area contributed by atoms with Crippen LogP contribution in [0.4, 0.5) is 20.3 Å². The second kappa shape index (κ2) is 8.89. The van der Waals surface area contributed by atoms with Crippen molar-refractivity contribution >= 4 is 23.0 Å². The summed E-state index contributed by atoms with van der Waals surface area (Å²) in [7, 11) is 0. The number of anilines is 2. The van der Waals surface area contributed by atoms with Crippen molar-refractivity contribution in [3.05, 3.63) is 83.6 Å². The van der Waals surface area contributed by atoms with E-state index in [2.05, 4.69) is 15.2 Å². The minimum absolute atomic E-state index is 0.130. The summed E-state index contributed by atoms with van der Waals surface area (Å²) in [5, 5.41) is 2.84. The van der Waals surface area contributed by atoms with Crippen LogP contribution < -0.4 is 10.2 Å². The lowest BCUT2D eigenvalue weighted by atomic mass is 9.87. The molecular weight excluding hydrogens is 448 g/mol. The van der Waals surface area contributed by atoms with Gasteiger partial charge in [-0.1, -0.05) is 18.2 Å². The van der Waals surface area contributed by atoms with Crippen LogP contribution in [0.15, 0.2) is 66.4 Å². The molecule has 2 atom stereocenters. The van der Waals surface area contributed by atoms with Gasteiger partial charge in [0.2, 0.25) is 0 Å². The molecule has 6 rings (SSSR count). The molecular formula is C28H25F2N3O2. The highest BCUT2D eigenvalue weighted by molar-refractivity contribution is 6.11. The van der Waals surface area contributed by atoms with Crippen molar-refractivity contribution in [3.63, 3.8) is 0 Å². The molecule has 0 saturated carbocycles. The molecule has 3 aliphatic rings. The third-order valence-electron chi connectivity index (χ3n) is 7.08. The summed E-state index contributed by atoms with van der Waals surface area (Å²) in [5.74, 6) is -0.482. The Kier molecular flexibility index (Phi) is 5.57. The van der Waals surface area contributed by atoms with Crippen LogP contribution in [0.2, 0.25) is 0 Å². The zero-order valence-electron chi connectivity index (χ0n) is 19.1. The molecule has 0 radical (unpaired) electrons. The highest BCUT2D eigenvalue weighted by atomic mass is 19.1. The second-order valence-electron chi connectivity index (χ2n) is 9.24. The highest BCUT2D eigenvalue weighted by Gasteiger charge is 2.43. The van der Waals surface area contributed by atoms with Crippen molar-refractivity contribution in [3.8, 4) is 11.1 Å². The van der Waals surface area contributed by atoms with E-state index in [-0.39, 0.29) is 29.2 Å². The average molecular weight is 474 g/mol. The Balaban J connectivity index is 1.30. The van der Waals surface area contributed by atoms with E-state index in [0.29, 0.717) is 11.3 Å². The van der Waals surface area contributed by atoms with Crippen molar-refractivity contribution in [1.29, 1.82) is 0 Å². The zero-order chi connectivity index (χ0) is 23.9. The largest absolute Gasteiger partial charge is 0.365 e. The average Bonchev–Trinajstić information content (AvgIpc) is 3.63. The van der Waals surface area contributed by atoms with Gasteiger partial charge in [0.15, 0.2) is 0 Å². The Morgan fingerprint density at radius 2 is 1.71 bits per heavy atom. The second-order valence-corrected chi connectivity index (χ2v) is 9.24. The van der Waals surface area contributed by atoms with Crippen molar-refractivity contribution in [2.24, 2.45) is 0 Å². The van der Waals surface area contributed by atoms with Gasteiger partial charge < -0.3 is 15.0 Å². The fraction of sp³-hybridized carbons (Fsp3) is 0.286. The number of halogens is 2. The molecule has 2 fully saturated rings. The van der Waals surface area contributed by atoms with E-state index >= 15 is 0 Å². The van der Waals surface area contributed by atoms with E-state index < -0.39 is 11.6 Å². The number of carbonyl (C=O) groups is 1. The zero-order valence-corrected chi connectivity index (χ0v) is 19.1. The predicted octanol–water partition coefficient (Wildman–Crippen LogP) is 5.58. The van der Waals surface area contributed by atoms with Crippen LogP contribution in [0, 0.1) is 11.6 Å². The molecule has 4 heterocycles. The maximum absolute atomic E-state index is 14.9. The molecule has 2 bridgehead atoms. The van der Waals surface area contributed by atoms with Gasteiger partial charge in [-0.25, -0.2) is 13.8 Å². The first-order chi connectivity index (χ1) is 17.1. The smallest absolute Gasteiger partial charge is 0.254 e. The number of fused-ring (bicyclic) bond motifs is 2. The van der Waals surface area contributed by atoms with Crippen molar-refractivity contribution in [2.45, 2.75) is 37.9 Å². The minimum Gasteiger partial charge on any atom is -0.365 e. The van der Waals surface area contributed by atoms with Gasteiger partial charge in [0, 0.05) is 36.1 Å². The number of hydrogen-bond acceptors (Lipinski definition) is 4. The molecule has 5 nitrogen and oxygen atoms in total. The van der Waals surface area contributed by atoms with Gasteiger partial charge in [-0.2, -0.15) is 0 Å². The summed E-state index contributed by atoms with van der Waals surface area (Å²) in [6.45, 7) is 1.97. The number of amides is 1. The number of nitrogens with zero attached hydrogens (tertiary/aromatic N) is 2. The first-order valence-electron chi connectivity index (χ1n) is 12.0. The number of nitrogens with one attached hydrogen (secondary N) is 1. The first-order valence-corrected chi connectivity index (χ1v) is 12.0. The van der Waals surface area contributed by atoms with E-state index in [0.717, 1.165) is 55.7 Å². The predicted molar refractivity (Wildman–Crippen MR) is 131 cm³/mol. The third-order valence-corrected chi connectivity index (χ3v) is 7.08. The molecule has 7 heteroatoms. The molecule has 3 aromatic rings. The summed E-state index contributed by atoms with van der Waals surface area (Å²) in [5.41, 5.74) is 3.08. The van der Waals surface area contributed by atoms with Gasteiger partial charge in [-0.05, 0) is 73.2 Å². The van der Waals surface area contributed by atoms with Crippen LogP contribution in [0.25, 0.3) is 16.7 Å². The number of pyridine rings is 1. The lowest BCUT2D eigenvalue weighted by Gasteiger charge is -2.20. The number of carbonyl (C=O) groups excluding carboxylic acids is 1. The Hall–Kier alpha value is -3.58. The number of benzene rings is 2. The fourth-order valence-corrected chi connectivity index (χ4v) is 5.41. The van der Waals surface area contributed by atoms with Crippen LogP contribution in [-0.4, -0.2) is 36.2 Å². The van der Waals surface area contributed by atoms with E-state index in [9.17, 15) is 13.6 Å². The van der Waals surface area contributed by atoms with Gasteiger partial charge in [-0.15, -0.1) is 0 Å². The van der Waals surface area contributed by atoms with E-state index in [4.69, 9.17) is 4.74 Å². The highest BCUT2D eigenvalue weighted by Crippen LogP contribution is 2.45. The number of rotatable bonds is 5. The standard InChI is InChI=1S/C28H25F2N3O2/c29-21-6-2-1-5-19(21)20-8-7-18(16-22(20)30)32-28(34)27-24-10-9-23(35-24)26(27)17-11-12-31-25(15-17)33-13-3-4-14-33/h1-2,5-8,11-12,15-16,23-24H,3-4,9-10,13-14H2,(H,32,34). The third kappa shape index (κ3) is 4.00. The van der Waals surface area contributed by atoms with Gasteiger partial charge in [0.1, 0.15) is 17.5 Å². The number of aromatic nitrogens is 1. The van der Waals surface area contributed by atoms with Gasteiger partial charge in [0.05, 0.1) is 17.8 Å². The summed E-state index contributed by atoms with van der Waals surface area (Å²) < 4.78 is 35.1. The molecule has 2 aromatic carbocycles. The molecule has 35 heavy (non-hydrogen) atoms. The summed E-state index contributed by atoms with van der Waals surface area (Å²) in [6.07, 6.45) is 5.33. The minimum atomic E-state index is -0.601. The maximum atomic E-state index is 14.9. The molecule has 2 saturated heterocycles. The Morgan fingerprint density at radius 1 is 0.943 bits per heavy atom. The molecule has 1 aromatic heterocycles. The summed E-state index contributed by atoms with van der Waals surface area (Å²) in [6, 6.07) is 14.3. The van der Waals surface area contributed by atoms with Crippen LogP contribution in [0.5, 0.6) is 0 Å². The Morgan fingerprint density at radius 3 is 2.51 bits per heavy atom. The molecule has 0 spiro atoms. The molecule has 3 aliphatic heterocycles. The van der Waals surface area contributed by atoms with Crippen molar-refractivity contribution in [2.75, 3.05) is 23.3 Å². The van der Waals surface area contributed by atoms with Gasteiger partial charge in [0.25, 0.3) is 5.91 Å². The van der Waals surface area contributed by atoms with Crippen LogP contribution in [0.3, 0.4) is 0 Å². The Labute approximate surface area is 202 Å². The lowest BCUT2D eigenvalue weighted by molar-refractivity contribution is -0.113. The fourth-order valence-electron chi connectivity index (χ4n) is 5.41. The Bertz CT molecular complexity index is 1330. The SMILES string of the molecule is O=C(Nc1ccc(-c2ccccc2F)c(F)c1)C1=C(c2ccnc(N3CCCC3)c2)C2CCC1O2. The summed E-state index contributed by atoms with van der Waals surface area (Å²) >= 11 is 0. The summed E-state index contributed by atoms with van der Waals surface area (Å²) in [4.78, 5) is 20.2. The maximum Gasteiger partial charge on any atom is 0.254 e. The van der Waals surface area contributed by atoms with Crippen LogP contribution >= 0.6 is 0 Å². The van der Waals surface area contributed by atoms with Gasteiger partial charge >= 0.3 is 0 Å². The van der Waals surface area contributed by atoms with E-state index in [1.54, 1.807) is 24.4 Å². The quantitative estimate of drug-likeness (QED) is 0.526. The number of ether oxygens (including phenoxy) is 1. The van der Waals surface area contributed by atoms with E-state index in [1.165, 1.54) is 24.3 Å². The number of hydrogen-bond donors (Lipinski definition) is 1. The van der Waals surface area contributed by atoms with Crippen molar-refractivity contribution < 1.29 is 18.3 Å². The molecule has 1 N–H and O–H groups in total. The van der Waals surface area contributed by atoms with Crippen molar-refractivity contribution in [1.82, 2.24) is 4.98 Å².